The third kappa shape index (κ3) is 0.842. The standard InChI is InChI=1S/C11H16O3/c1-3-11(2)8-4-6-7(13-8)5-9(11)14-10(6)12/h6-9H,3-5H2,1-2H3. The van der Waals surface area contributed by atoms with Gasteiger partial charge in [0, 0.05) is 11.8 Å². The highest BCUT2D eigenvalue weighted by atomic mass is 16.6. The Kier molecular flexibility index (Phi) is 1.56. The highest BCUT2D eigenvalue weighted by molar-refractivity contribution is 5.75. The molecular formula is C11H16O3. The summed E-state index contributed by atoms with van der Waals surface area (Å²) < 4.78 is 11.4. The minimum atomic E-state index is -0.0223. The summed E-state index contributed by atoms with van der Waals surface area (Å²) in [6, 6.07) is 0. The van der Waals surface area contributed by atoms with Crippen LogP contribution in [0, 0.1) is 11.3 Å². The molecule has 0 aromatic heterocycles. The fraction of sp³-hybridized carbons (Fsp3) is 0.909. The second kappa shape index (κ2) is 2.51. The number of carbonyl (C=O) groups excluding carboxylic acids is 1. The summed E-state index contributed by atoms with van der Waals surface area (Å²) in [6.45, 7) is 4.35. The molecule has 0 radical (unpaired) electrons. The van der Waals surface area contributed by atoms with Gasteiger partial charge < -0.3 is 9.47 Å². The van der Waals surface area contributed by atoms with Crippen LogP contribution in [0.25, 0.3) is 0 Å². The topological polar surface area (TPSA) is 35.5 Å². The van der Waals surface area contributed by atoms with Gasteiger partial charge in [-0.2, -0.15) is 0 Å². The third-order valence-electron chi connectivity index (χ3n) is 4.50. The molecule has 3 fully saturated rings. The molecule has 3 bridgehead atoms. The lowest BCUT2D eigenvalue weighted by atomic mass is 9.74. The fourth-order valence-electron chi connectivity index (χ4n) is 3.19. The monoisotopic (exact) mass is 196 g/mol. The van der Waals surface area contributed by atoms with E-state index in [9.17, 15) is 4.79 Å². The highest BCUT2D eigenvalue weighted by Crippen LogP contribution is 2.53. The van der Waals surface area contributed by atoms with Crippen LogP contribution in [0.2, 0.25) is 0 Å². The van der Waals surface area contributed by atoms with E-state index in [2.05, 4.69) is 13.8 Å². The molecule has 5 unspecified atom stereocenters. The minimum absolute atomic E-state index is 0.0223. The van der Waals surface area contributed by atoms with Crippen molar-refractivity contribution in [2.24, 2.45) is 11.3 Å². The summed E-state index contributed by atoms with van der Waals surface area (Å²) in [5, 5.41) is 0. The van der Waals surface area contributed by atoms with Gasteiger partial charge in [-0.05, 0) is 12.8 Å². The van der Waals surface area contributed by atoms with Crippen LogP contribution in [0.15, 0.2) is 0 Å². The molecular weight excluding hydrogens is 180 g/mol. The molecule has 3 heterocycles. The Labute approximate surface area is 83.8 Å². The maximum absolute atomic E-state index is 11.6. The molecule has 0 spiro atoms. The van der Waals surface area contributed by atoms with E-state index in [0.717, 1.165) is 19.3 Å². The van der Waals surface area contributed by atoms with Crippen molar-refractivity contribution >= 4 is 5.97 Å². The number of ether oxygens (including phenoxy) is 2. The van der Waals surface area contributed by atoms with E-state index in [1.807, 2.05) is 0 Å². The maximum Gasteiger partial charge on any atom is 0.311 e. The Bertz CT molecular complexity index is 288. The lowest BCUT2D eigenvalue weighted by Gasteiger charge is -2.46. The Morgan fingerprint density at radius 1 is 1.43 bits per heavy atom. The second-order valence-corrected chi connectivity index (χ2v) is 5.03. The van der Waals surface area contributed by atoms with Crippen LogP contribution in [-0.4, -0.2) is 24.3 Å². The van der Waals surface area contributed by atoms with E-state index in [4.69, 9.17) is 9.47 Å². The second-order valence-electron chi connectivity index (χ2n) is 5.03. The number of esters is 1. The van der Waals surface area contributed by atoms with Gasteiger partial charge in [0.2, 0.25) is 0 Å². The first-order chi connectivity index (χ1) is 6.65. The molecule has 0 amide bonds. The zero-order valence-electron chi connectivity index (χ0n) is 8.66. The predicted molar refractivity (Wildman–Crippen MR) is 49.7 cm³/mol. The van der Waals surface area contributed by atoms with Crippen LogP contribution >= 0.6 is 0 Å². The molecule has 0 aromatic rings. The lowest BCUT2D eigenvalue weighted by molar-refractivity contribution is -0.205. The van der Waals surface area contributed by atoms with Gasteiger partial charge in [-0.15, -0.1) is 0 Å². The van der Waals surface area contributed by atoms with Crippen LogP contribution in [0.1, 0.15) is 33.1 Å². The number of hydrogen-bond acceptors (Lipinski definition) is 3. The molecule has 3 nitrogen and oxygen atoms in total. The number of rotatable bonds is 1. The van der Waals surface area contributed by atoms with Gasteiger partial charge in [0.1, 0.15) is 6.10 Å². The van der Waals surface area contributed by atoms with Crippen LogP contribution in [0.4, 0.5) is 0 Å². The Morgan fingerprint density at radius 2 is 2.21 bits per heavy atom. The summed E-state index contributed by atoms with van der Waals surface area (Å²) >= 11 is 0. The van der Waals surface area contributed by atoms with Crippen molar-refractivity contribution in [1.82, 2.24) is 0 Å². The molecule has 0 aliphatic carbocycles. The Balaban J connectivity index is 2.02. The van der Waals surface area contributed by atoms with Crippen LogP contribution in [0.3, 0.4) is 0 Å². The quantitative estimate of drug-likeness (QED) is 0.596. The van der Waals surface area contributed by atoms with Gasteiger partial charge in [-0.3, -0.25) is 4.79 Å². The molecule has 0 N–H and O–H groups in total. The van der Waals surface area contributed by atoms with Gasteiger partial charge in [0.05, 0.1) is 18.1 Å². The molecule has 3 rings (SSSR count). The average molecular weight is 196 g/mol. The van der Waals surface area contributed by atoms with Crippen LogP contribution in [0.5, 0.6) is 0 Å². The molecule has 3 saturated heterocycles. The van der Waals surface area contributed by atoms with E-state index >= 15 is 0 Å². The first kappa shape index (κ1) is 8.72. The van der Waals surface area contributed by atoms with Gasteiger partial charge in [-0.25, -0.2) is 0 Å². The average Bonchev–Trinajstić information content (AvgIpc) is 2.53. The maximum atomic E-state index is 11.6. The van der Waals surface area contributed by atoms with E-state index in [-0.39, 0.29) is 35.6 Å². The molecule has 78 valence electrons. The zero-order chi connectivity index (χ0) is 9.92. The molecule has 3 aliphatic heterocycles. The predicted octanol–water partition coefficient (Wildman–Crippen LogP) is 1.51. The summed E-state index contributed by atoms with van der Waals surface area (Å²) in [5.41, 5.74) is 0.0530. The van der Waals surface area contributed by atoms with Gasteiger partial charge in [0.15, 0.2) is 0 Å². The smallest absolute Gasteiger partial charge is 0.311 e. The fourth-order valence-corrected chi connectivity index (χ4v) is 3.19. The van der Waals surface area contributed by atoms with Gasteiger partial charge >= 0.3 is 5.97 Å². The van der Waals surface area contributed by atoms with E-state index in [1.165, 1.54) is 0 Å². The number of carbonyl (C=O) groups is 1. The van der Waals surface area contributed by atoms with Crippen molar-refractivity contribution in [2.75, 3.05) is 0 Å². The van der Waals surface area contributed by atoms with Crippen molar-refractivity contribution < 1.29 is 14.3 Å². The van der Waals surface area contributed by atoms with Crippen molar-refractivity contribution in [3.8, 4) is 0 Å². The molecule has 0 saturated carbocycles. The first-order valence-electron chi connectivity index (χ1n) is 5.51. The van der Waals surface area contributed by atoms with Crippen molar-refractivity contribution in [1.29, 1.82) is 0 Å². The SMILES string of the molecule is CCC1(C)C2CC3OC1CC3C(=O)O2. The summed E-state index contributed by atoms with van der Waals surface area (Å²) in [5.74, 6) is 0.00977. The number of hydrogen-bond donors (Lipinski definition) is 0. The van der Waals surface area contributed by atoms with Crippen molar-refractivity contribution in [3.63, 3.8) is 0 Å². The zero-order valence-corrected chi connectivity index (χ0v) is 8.66. The molecule has 14 heavy (non-hydrogen) atoms. The summed E-state index contributed by atoms with van der Waals surface area (Å²) in [7, 11) is 0. The van der Waals surface area contributed by atoms with Crippen LogP contribution < -0.4 is 0 Å². The molecule has 5 atom stereocenters. The van der Waals surface area contributed by atoms with Gasteiger partial charge in [-0.1, -0.05) is 13.8 Å². The Morgan fingerprint density at radius 3 is 2.93 bits per heavy atom. The number of fused-ring (bicyclic) bond motifs is 2. The largest absolute Gasteiger partial charge is 0.461 e. The lowest BCUT2D eigenvalue weighted by Crippen LogP contribution is -2.52. The minimum Gasteiger partial charge on any atom is -0.461 e. The van der Waals surface area contributed by atoms with E-state index < -0.39 is 0 Å². The third-order valence-corrected chi connectivity index (χ3v) is 4.50. The first-order valence-corrected chi connectivity index (χ1v) is 5.51. The van der Waals surface area contributed by atoms with E-state index in [1.54, 1.807) is 0 Å². The summed E-state index contributed by atoms with van der Waals surface area (Å²) in [6.07, 6.45) is 3.32. The summed E-state index contributed by atoms with van der Waals surface area (Å²) in [4.78, 5) is 11.6. The molecule has 0 aromatic carbocycles. The Hall–Kier alpha value is -0.570. The molecule has 3 heteroatoms. The van der Waals surface area contributed by atoms with Crippen molar-refractivity contribution in [3.05, 3.63) is 0 Å². The van der Waals surface area contributed by atoms with Gasteiger partial charge in [0.25, 0.3) is 0 Å². The highest BCUT2D eigenvalue weighted by Gasteiger charge is 2.60. The molecule has 3 aliphatic rings. The van der Waals surface area contributed by atoms with Crippen molar-refractivity contribution in [2.45, 2.75) is 51.4 Å². The van der Waals surface area contributed by atoms with Crippen LogP contribution in [-0.2, 0) is 14.3 Å². The normalized spacial score (nSPS) is 54.9. The van der Waals surface area contributed by atoms with E-state index in [0.29, 0.717) is 0 Å².